The van der Waals surface area contributed by atoms with Crippen LogP contribution in [0.3, 0.4) is 0 Å². The van der Waals surface area contributed by atoms with Crippen LogP contribution in [-0.2, 0) is 12.6 Å². The second kappa shape index (κ2) is 10.6. The standard InChI is InChI=1S/C29H26Cl2F4N2O/c1-28(2,3)26(20-9-4-5-10-21(20)30)37(14-12-17-7-6-8-19(15-17)29(33,34)35)27(38)23-24(32)22(31)16-18-11-13-36-25(18)23/h4-11,13,15-16,26,36H,12,14H2,1-3H3. The minimum absolute atomic E-state index is 0.00145. The van der Waals surface area contributed by atoms with Crippen LogP contribution < -0.4 is 0 Å². The first-order valence-corrected chi connectivity index (χ1v) is 12.7. The molecule has 4 aromatic rings. The van der Waals surface area contributed by atoms with E-state index in [9.17, 15) is 18.0 Å². The molecule has 1 aromatic heterocycles. The van der Waals surface area contributed by atoms with E-state index < -0.39 is 34.9 Å². The van der Waals surface area contributed by atoms with Gasteiger partial charge in [0.15, 0.2) is 5.82 Å². The zero-order valence-corrected chi connectivity index (χ0v) is 22.5. The lowest BCUT2D eigenvalue weighted by Gasteiger charge is -2.41. The molecule has 0 aliphatic rings. The van der Waals surface area contributed by atoms with E-state index >= 15 is 4.39 Å². The molecule has 0 aliphatic carbocycles. The van der Waals surface area contributed by atoms with Crippen LogP contribution in [0.25, 0.3) is 10.9 Å². The van der Waals surface area contributed by atoms with E-state index in [1.165, 1.54) is 17.0 Å². The van der Waals surface area contributed by atoms with Crippen molar-refractivity contribution in [3.8, 4) is 0 Å². The van der Waals surface area contributed by atoms with Gasteiger partial charge in [-0.1, -0.05) is 80.4 Å². The van der Waals surface area contributed by atoms with Crippen LogP contribution in [0.4, 0.5) is 17.6 Å². The lowest BCUT2D eigenvalue weighted by Crippen LogP contribution is -2.43. The molecule has 0 saturated carbocycles. The fourth-order valence-corrected chi connectivity index (χ4v) is 5.24. The molecule has 0 fully saturated rings. The van der Waals surface area contributed by atoms with Crippen molar-refractivity contribution in [3.05, 3.63) is 105 Å². The molecule has 0 saturated heterocycles. The van der Waals surface area contributed by atoms with Crippen molar-refractivity contribution in [2.45, 2.75) is 39.4 Å². The summed E-state index contributed by atoms with van der Waals surface area (Å²) in [5.74, 6) is -1.52. The Hall–Kier alpha value is -3.03. The smallest absolute Gasteiger partial charge is 0.360 e. The molecule has 4 rings (SSSR count). The SMILES string of the molecule is CC(C)(C)C(c1ccccc1Cl)N(CCc1cccc(C(F)(F)F)c1)C(=O)c1c(F)c(Cl)cc2cc[nH]c12. The number of alkyl halides is 3. The minimum atomic E-state index is -4.50. The second-order valence-electron chi connectivity index (χ2n) is 10.2. The van der Waals surface area contributed by atoms with Gasteiger partial charge in [0.05, 0.1) is 22.1 Å². The van der Waals surface area contributed by atoms with Gasteiger partial charge in [-0.3, -0.25) is 4.79 Å². The molecule has 0 spiro atoms. The first kappa shape index (κ1) is 28.0. The number of rotatable bonds is 6. The maximum absolute atomic E-state index is 15.5. The molecule has 1 heterocycles. The lowest BCUT2D eigenvalue weighted by atomic mass is 9.80. The molecule has 1 amide bonds. The number of carbonyl (C=O) groups is 1. The van der Waals surface area contributed by atoms with Crippen LogP contribution in [0.2, 0.25) is 10.0 Å². The van der Waals surface area contributed by atoms with Crippen molar-refractivity contribution in [2.75, 3.05) is 6.54 Å². The Morgan fingerprint density at radius 2 is 1.68 bits per heavy atom. The number of hydrogen-bond donors (Lipinski definition) is 1. The fourth-order valence-electron chi connectivity index (χ4n) is 4.79. The molecule has 3 nitrogen and oxygen atoms in total. The summed E-state index contributed by atoms with van der Waals surface area (Å²) in [6, 6.07) is 14.5. The summed E-state index contributed by atoms with van der Waals surface area (Å²) in [7, 11) is 0. The van der Waals surface area contributed by atoms with Gasteiger partial charge in [0.2, 0.25) is 0 Å². The van der Waals surface area contributed by atoms with Gasteiger partial charge in [-0.05, 0) is 47.2 Å². The van der Waals surface area contributed by atoms with Gasteiger partial charge >= 0.3 is 6.18 Å². The minimum Gasteiger partial charge on any atom is -0.360 e. The molecule has 38 heavy (non-hydrogen) atoms. The highest BCUT2D eigenvalue weighted by atomic mass is 35.5. The fraction of sp³-hybridized carbons (Fsp3) is 0.276. The van der Waals surface area contributed by atoms with E-state index in [2.05, 4.69) is 4.98 Å². The highest BCUT2D eigenvalue weighted by Gasteiger charge is 2.38. The van der Waals surface area contributed by atoms with Crippen molar-refractivity contribution in [2.24, 2.45) is 5.41 Å². The van der Waals surface area contributed by atoms with Crippen molar-refractivity contribution in [3.63, 3.8) is 0 Å². The van der Waals surface area contributed by atoms with E-state index in [1.807, 2.05) is 20.8 Å². The average Bonchev–Trinajstić information content (AvgIpc) is 3.29. The van der Waals surface area contributed by atoms with E-state index in [1.54, 1.807) is 42.6 Å². The lowest BCUT2D eigenvalue weighted by molar-refractivity contribution is -0.137. The Balaban J connectivity index is 1.85. The topological polar surface area (TPSA) is 36.1 Å². The Labute approximate surface area is 228 Å². The average molecular weight is 565 g/mol. The zero-order valence-electron chi connectivity index (χ0n) is 21.0. The number of carbonyl (C=O) groups excluding carboxylic acids is 1. The number of aromatic nitrogens is 1. The van der Waals surface area contributed by atoms with Crippen LogP contribution in [0.5, 0.6) is 0 Å². The maximum Gasteiger partial charge on any atom is 0.416 e. The van der Waals surface area contributed by atoms with Crippen LogP contribution in [0.1, 0.15) is 53.9 Å². The number of nitrogens with zero attached hydrogens (tertiary/aromatic N) is 1. The number of fused-ring (bicyclic) bond motifs is 1. The van der Waals surface area contributed by atoms with Crippen molar-refractivity contribution < 1.29 is 22.4 Å². The molecular formula is C29H26Cl2F4N2O. The summed E-state index contributed by atoms with van der Waals surface area (Å²) < 4.78 is 55.4. The Bertz CT molecular complexity index is 1470. The Kier molecular flexibility index (Phi) is 7.82. The molecule has 1 N–H and O–H groups in total. The van der Waals surface area contributed by atoms with E-state index in [0.29, 0.717) is 21.5 Å². The van der Waals surface area contributed by atoms with Gasteiger partial charge < -0.3 is 9.88 Å². The third kappa shape index (κ3) is 5.69. The van der Waals surface area contributed by atoms with E-state index in [-0.39, 0.29) is 29.1 Å². The first-order valence-electron chi connectivity index (χ1n) is 12.0. The number of aromatic amines is 1. The quantitative estimate of drug-likeness (QED) is 0.233. The summed E-state index contributed by atoms with van der Waals surface area (Å²) >= 11 is 12.7. The van der Waals surface area contributed by atoms with Gasteiger partial charge in [-0.15, -0.1) is 0 Å². The largest absolute Gasteiger partial charge is 0.416 e. The maximum atomic E-state index is 15.5. The highest BCUT2D eigenvalue weighted by Crippen LogP contribution is 2.42. The van der Waals surface area contributed by atoms with Crippen molar-refractivity contribution in [1.29, 1.82) is 0 Å². The molecule has 0 aliphatic heterocycles. The van der Waals surface area contributed by atoms with Gasteiger partial charge in [0, 0.05) is 23.2 Å². The summed E-state index contributed by atoms with van der Waals surface area (Å²) in [4.78, 5) is 18.6. The Morgan fingerprint density at radius 3 is 2.34 bits per heavy atom. The van der Waals surface area contributed by atoms with Crippen molar-refractivity contribution >= 4 is 40.0 Å². The number of halogens is 6. The molecule has 0 radical (unpaired) electrons. The summed E-state index contributed by atoms with van der Waals surface area (Å²) in [5.41, 5.74) is -0.278. The van der Waals surface area contributed by atoms with Crippen LogP contribution in [0.15, 0.2) is 66.9 Å². The van der Waals surface area contributed by atoms with Gasteiger partial charge in [0.1, 0.15) is 5.56 Å². The predicted octanol–water partition coefficient (Wildman–Crippen LogP) is 9.10. The molecule has 1 atom stereocenters. The number of benzene rings is 3. The first-order chi connectivity index (χ1) is 17.8. The normalized spacial score (nSPS) is 13.1. The molecule has 0 bridgehead atoms. The third-order valence-corrected chi connectivity index (χ3v) is 7.06. The molecule has 200 valence electrons. The highest BCUT2D eigenvalue weighted by molar-refractivity contribution is 6.32. The second-order valence-corrected chi connectivity index (χ2v) is 11.0. The van der Waals surface area contributed by atoms with Crippen molar-refractivity contribution in [1.82, 2.24) is 9.88 Å². The van der Waals surface area contributed by atoms with Gasteiger partial charge in [-0.25, -0.2) is 4.39 Å². The summed E-state index contributed by atoms with van der Waals surface area (Å²) in [6.07, 6.45) is -2.82. The monoisotopic (exact) mass is 564 g/mol. The van der Waals surface area contributed by atoms with E-state index in [0.717, 1.165) is 12.1 Å². The number of amides is 1. The molecule has 3 aromatic carbocycles. The van der Waals surface area contributed by atoms with Crippen LogP contribution in [0, 0.1) is 11.2 Å². The molecule has 1 unspecified atom stereocenters. The van der Waals surface area contributed by atoms with Gasteiger partial charge in [0.25, 0.3) is 5.91 Å². The predicted molar refractivity (Wildman–Crippen MR) is 143 cm³/mol. The van der Waals surface area contributed by atoms with Crippen LogP contribution >= 0.6 is 23.2 Å². The van der Waals surface area contributed by atoms with E-state index in [4.69, 9.17) is 23.2 Å². The molecular weight excluding hydrogens is 539 g/mol. The summed E-state index contributed by atoms with van der Waals surface area (Å²) in [6.45, 7) is 5.76. The number of hydrogen-bond acceptors (Lipinski definition) is 1. The summed E-state index contributed by atoms with van der Waals surface area (Å²) in [5, 5.41) is 0.770. The third-order valence-electron chi connectivity index (χ3n) is 6.44. The Morgan fingerprint density at radius 1 is 0.974 bits per heavy atom. The van der Waals surface area contributed by atoms with Gasteiger partial charge in [-0.2, -0.15) is 13.2 Å². The molecule has 9 heteroatoms. The van der Waals surface area contributed by atoms with Crippen LogP contribution in [-0.4, -0.2) is 22.3 Å². The zero-order chi connectivity index (χ0) is 27.8. The number of H-pyrrole nitrogens is 1. The number of nitrogens with one attached hydrogen (secondary N) is 1.